The number of aryl methyl sites for hydroxylation is 1. The van der Waals surface area contributed by atoms with Gasteiger partial charge in [-0.25, -0.2) is 4.98 Å². The average Bonchev–Trinajstić information content (AvgIpc) is 3.18. The molecule has 3 aromatic rings. The van der Waals surface area contributed by atoms with E-state index in [1.807, 2.05) is 36.4 Å². The largest absolute Gasteiger partial charge is 0.454 e. The van der Waals surface area contributed by atoms with E-state index in [0.29, 0.717) is 36.8 Å². The number of rotatable bonds is 7. The van der Waals surface area contributed by atoms with E-state index in [1.54, 1.807) is 17.0 Å². The first-order chi connectivity index (χ1) is 13.7. The molecule has 0 saturated carbocycles. The third-order valence-electron chi connectivity index (χ3n) is 4.71. The highest BCUT2D eigenvalue weighted by atomic mass is 16.7. The molecule has 7 heteroatoms. The van der Waals surface area contributed by atoms with Crippen LogP contribution in [0, 0.1) is 0 Å². The number of para-hydroxylation sites is 1. The molecule has 0 spiro atoms. The Morgan fingerprint density at radius 3 is 2.93 bits per heavy atom. The van der Waals surface area contributed by atoms with Crippen LogP contribution in [0.3, 0.4) is 0 Å². The van der Waals surface area contributed by atoms with Gasteiger partial charge in [-0.15, -0.1) is 0 Å². The molecule has 0 radical (unpaired) electrons. The Morgan fingerprint density at radius 1 is 1.14 bits per heavy atom. The summed E-state index contributed by atoms with van der Waals surface area (Å²) in [6, 6.07) is 13.1. The summed E-state index contributed by atoms with van der Waals surface area (Å²) in [7, 11) is 0. The Balaban J connectivity index is 1.23. The zero-order valence-corrected chi connectivity index (χ0v) is 15.4. The summed E-state index contributed by atoms with van der Waals surface area (Å²) in [5, 5.41) is 3.51. The zero-order chi connectivity index (χ0) is 19.3. The molecule has 0 unspecified atom stereocenters. The van der Waals surface area contributed by atoms with Gasteiger partial charge in [0.25, 0.3) is 5.56 Å². The molecule has 28 heavy (non-hydrogen) atoms. The van der Waals surface area contributed by atoms with Crippen molar-refractivity contribution in [2.75, 3.05) is 13.3 Å². The van der Waals surface area contributed by atoms with Crippen molar-refractivity contribution in [2.24, 2.45) is 0 Å². The van der Waals surface area contributed by atoms with Gasteiger partial charge in [0.2, 0.25) is 12.7 Å². The highest BCUT2D eigenvalue weighted by Crippen LogP contribution is 2.32. The Morgan fingerprint density at radius 2 is 2.00 bits per heavy atom. The van der Waals surface area contributed by atoms with E-state index in [9.17, 15) is 9.59 Å². The van der Waals surface area contributed by atoms with Crippen LogP contribution < -0.4 is 20.3 Å². The van der Waals surface area contributed by atoms with Crippen LogP contribution in [-0.2, 0) is 17.8 Å². The van der Waals surface area contributed by atoms with Crippen molar-refractivity contribution in [2.45, 2.75) is 25.8 Å². The first-order valence-electron chi connectivity index (χ1n) is 9.30. The van der Waals surface area contributed by atoms with Crippen LogP contribution in [-0.4, -0.2) is 28.8 Å². The number of nitrogens with one attached hydrogen (secondary N) is 1. The summed E-state index contributed by atoms with van der Waals surface area (Å²) in [6.07, 6.45) is 3.20. The summed E-state index contributed by atoms with van der Waals surface area (Å²) >= 11 is 0. The van der Waals surface area contributed by atoms with Gasteiger partial charge in [0.1, 0.15) is 0 Å². The minimum Gasteiger partial charge on any atom is -0.454 e. The van der Waals surface area contributed by atoms with Gasteiger partial charge in [-0.05, 0) is 42.7 Å². The molecular weight excluding hydrogens is 358 g/mol. The van der Waals surface area contributed by atoms with Crippen LogP contribution in [0.1, 0.15) is 18.4 Å². The van der Waals surface area contributed by atoms with Crippen molar-refractivity contribution in [3.05, 3.63) is 64.7 Å². The number of hydrogen-bond acceptors (Lipinski definition) is 5. The van der Waals surface area contributed by atoms with Gasteiger partial charge < -0.3 is 14.8 Å². The number of nitrogens with zero attached hydrogens (tertiary/aromatic N) is 2. The van der Waals surface area contributed by atoms with E-state index in [0.717, 1.165) is 23.5 Å². The summed E-state index contributed by atoms with van der Waals surface area (Å²) in [5.74, 6) is 1.48. The molecule has 0 aliphatic carbocycles. The standard InChI is InChI=1S/C21H21N3O4/c25-20(22-10-9-15-7-8-18-19(12-15)28-14-27-18)6-3-11-24-13-23-17-5-2-1-4-16(17)21(24)26/h1-2,4-5,7-8,12-13H,3,6,9-11,14H2,(H,22,25). The number of ether oxygens (including phenoxy) is 2. The van der Waals surface area contributed by atoms with Crippen molar-refractivity contribution in [1.82, 2.24) is 14.9 Å². The van der Waals surface area contributed by atoms with Gasteiger partial charge in [-0.3, -0.25) is 14.2 Å². The van der Waals surface area contributed by atoms with Crippen LogP contribution in [0.4, 0.5) is 0 Å². The predicted molar refractivity (Wildman–Crippen MR) is 105 cm³/mol. The highest BCUT2D eigenvalue weighted by Gasteiger charge is 2.13. The molecular formula is C21H21N3O4. The van der Waals surface area contributed by atoms with E-state index in [-0.39, 0.29) is 18.3 Å². The van der Waals surface area contributed by atoms with E-state index in [1.165, 1.54) is 0 Å². The summed E-state index contributed by atoms with van der Waals surface area (Å²) in [5.41, 5.74) is 1.69. The second-order valence-electron chi connectivity index (χ2n) is 6.65. The maximum Gasteiger partial charge on any atom is 0.261 e. The van der Waals surface area contributed by atoms with Crippen molar-refractivity contribution in [3.63, 3.8) is 0 Å². The third-order valence-corrected chi connectivity index (χ3v) is 4.71. The minimum absolute atomic E-state index is 0.0254. The highest BCUT2D eigenvalue weighted by molar-refractivity contribution is 5.77. The van der Waals surface area contributed by atoms with Gasteiger partial charge in [0, 0.05) is 19.5 Å². The van der Waals surface area contributed by atoms with Crippen molar-refractivity contribution < 1.29 is 14.3 Å². The maximum absolute atomic E-state index is 12.4. The summed E-state index contributed by atoms with van der Waals surface area (Å²) in [6.45, 7) is 1.27. The number of hydrogen-bond donors (Lipinski definition) is 1. The number of carbonyl (C=O) groups is 1. The molecule has 144 valence electrons. The average molecular weight is 379 g/mol. The zero-order valence-electron chi connectivity index (χ0n) is 15.4. The number of carbonyl (C=O) groups excluding carboxylic acids is 1. The molecule has 0 saturated heterocycles. The fraction of sp³-hybridized carbons (Fsp3) is 0.286. The lowest BCUT2D eigenvalue weighted by molar-refractivity contribution is -0.121. The molecule has 7 nitrogen and oxygen atoms in total. The molecule has 1 N–H and O–H groups in total. The van der Waals surface area contributed by atoms with Gasteiger partial charge in [-0.1, -0.05) is 18.2 Å². The van der Waals surface area contributed by atoms with Crippen molar-refractivity contribution in [1.29, 1.82) is 0 Å². The molecule has 0 bridgehead atoms. The van der Waals surface area contributed by atoms with Crippen molar-refractivity contribution in [3.8, 4) is 11.5 Å². The smallest absolute Gasteiger partial charge is 0.261 e. The van der Waals surface area contributed by atoms with E-state index >= 15 is 0 Å². The first-order valence-corrected chi connectivity index (χ1v) is 9.30. The molecule has 0 atom stereocenters. The Kier molecular flexibility index (Phi) is 5.23. The Labute approximate surface area is 161 Å². The second-order valence-corrected chi connectivity index (χ2v) is 6.65. The fourth-order valence-electron chi connectivity index (χ4n) is 3.21. The maximum atomic E-state index is 12.4. The monoisotopic (exact) mass is 379 g/mol. The Bertz CT molecular complexity index is 1060. The molecule has 1 aromatic heterocycles. The van der Waals surface area contributed by atoms with Gasteiger partial charge >= 0.3 is 0 Å². The third kappa shape index (κ3) is 3.98. The number of benzene rings is 2. The Hall–Kier alpha value is -3.35. The van der Waals surface area contributed by atoms with Gasteiger partial charge in [-0.2, -0.15) is 0 Å². The molecule has 2 heterocycles. The number of amides is 1. The number of fused-ring (bicyclic) bond motifs is 2. The topological polar surface area (TPSA) is 82.5 Å². The molecule has 1 amide bonds. The molecule has 2 aromatic carbocycles. The SMILES string of the molecule is O=C(CCCn1cnc2ccccc2c1=O)NCCc1ccc2c(c1)OCO2. The van der Waals surface area contributed by atoms with Gasteiger partial charge in [0.15, 0.2) is 11.5 Å². The van der Waals surface area contributed by atoms with Gasteiger partial charge in [0.05, 0.1) is 17.2 Å². The predicted octanol–water partition coefficient (Wildman–Crippen LogP) is 2.26. The van der Waals surface area contributed by atoms with E-state index in [4.69, 9.17) is 9.47 Å². The minimum atomic E-state index is -0.0752. The first kappa shape index (κ1) is 18.0. The van der Waals surface area contributed by atoms with E-state index in [2.05, 4.69) is 10.3 Å². The lowest BCUT2D eigenvalue weighted by atomic mass is 10.1. The van der Waals surface area contributed by atoms with E-state index < -0.39 is 0 Å². The molecule has 4 rings (SSSR count). The van der Waals surface area contributed by atoms with Crippen LogP contribution in [0.25, 0.3) is 10.9 Å². The summed E-state index contributed by atoms with van der Waals surface area (Å²) in [4.78, 5) is 28.8. The van der Waals surface area contributed by atoms with Crippen LogP contribution in [0.5, 0.6) is 11.5 Å². The molecule has 1 aliphatic heterocycles. The normalized spacial score (nSPS) is 12.3. The van der Waals surface area contributed by atoms with Crippen LogP contribution in [0.2, 0.25) is 0 Å². The molecule has 0 fully saturated rings. The summed E-state index contributed by atoms with van der Waals surface area (Å²) < 4.78 is 12.2. The lowest BCUT2D eigenvalue weighted by Crippen LogP contribution is -2.26. The van der Waals surface area contributed by atoms with Crippen LogP contribution >= 0.6 is 0 Å². The lowest BCUT2D eigenvalue weighted by Gasteiger charge is -2.08. The molecule has 1 aliphatic rings. The second kappa shape index (κ2) is 8.12. The van der Waals surface area contributed by atoms with Crippen molar-refractivity contribution >= 4 is 16.8 Å². The number of aromatic nitrogens is 2. The fourth-order valence-corrected chi connectivity index (χ4v) is 3.21. The quantitative estimate of drug-likeness (QED) is 0.681. The van der Waals surface area contributed by atoms with Crippen LogP contribution in [0.15, 0.2) is 53.6 Å².